The second kappa shape index (κ2) is 4.94. The highest BCUT2D eigenvalue weighted by Gasteiger charge is 2.25. The zero-order chi connectivity index (χ0) is 12.4. The molecule has 0 bridgehead atoms. The lowest BCUT2D eigenvalue weighted by atomic mass is 10.1. The molecule has 0 spiro atoms. The number of nitrogens with two attached hydrogens (primary N) is 1. The molecule has 1 aromatic rings. The number of halogens is 1. The Bertz CT molecular complexity index is 437. The van der Waals surface area contributed by atoms with Gasteiger partial charge in [0.2, 0.25) is 0 Å². The number of hydrogen-bond acceptors (Lipinski definition) is 3. The van der Waals surface area contributed by atoms with E-state index in [2.05, 4.69) is 0 Å². The van der Waals surface area contributed by atoms with Crippen LogP contribution in [-0.4, -0.2) is 36.6 Å². The first-order valence-electron chi connectivity index (χ1n) is 5.53. The molecule has 1 unspecified atom stereocenters. The molecule has 1 fully saturated rings. The molecule has 1 amide bonds. The van der Waals surface area contributed by atoms with Crippen LogP contribution in [0.3, 0.4) is 0 Å². The lowest BCUT2D eigenvalue weighted by Crippen LogP contribution is -2.47. The number of nitrogen functional groups attached to an aromatic ring is 1. The van der Waals surface area contributed by atoms with Gasteiger partial charge in [0.15, 0.2) is 0 Å². The Morgan fingerprint density at radius 3 is 3.00 bits per heavy atom. The van der Waals surface area contributed by atoms with Crippen LogP contribution >= 0.6 is 11.6 Å². The second-order valence-electron chi connectivity index (χ2n) is 4.15. The summed E-state index contributed by atoms with van der Waals surface area (Å²) >= 11 is 5.81. The highest BCUT2D eigenvalue weighted by Crippen LogP contribution is 2.21. The van der Waals surface area contributed by atoms with E-state index in [4.69, 9.17) is 22.1 Å². The molecule has 5 heteroatoms. The van der Waals surface area contributed by atoms with Crippen molar-refractivity contribution >= 4 is 23.2 Å². The average molecular weight is 255 g/mol. The molecule has 4 nitrogen and oxygen atoms in total. The van der Waals surface area contributed by atoms with Crippen molar-refractivity contribution in [3.63, 3.8) is 0 Å². The number of anilines is 1. The Labute approximate surface area is 105 Å². The molecule has 2 rings (SSSR count). The summed E-state index contributed by atoms with van der Waals surface area (Å²) in [5.74, 6) is -0.0602. The average Bonchev–Trinajstić information content (AvgIpc) is 2.29. The van der Waals surface area contributed by atoms with Gasteiger partial charge in [0.05, 0.1) is 24.8 Å². The zero-order valence-electron chi connectivity index (χ0n) is 9.65. The monoisotopic (exact) mass is 254 g/mol. The molecule has 1 aromatic carbocycles. The molecule has 1 aliphatic heterocycles. The summed E-state index contributed by atoms with van der Waals surface area (Å²) < 4.78 is 5.30. The smallest absolute Gasteiger partial charge is 0.256 e. The van der Waals surface area contributed by atoms with Crippen molar-refractivity contribution in [1.29, 1.82) is 0 Å². The molecule has 17 heavy (non-hydrogen) atoms. The first-order valence-corrected chi connectivity index (χ1v) is 5.91. The number of morpholine rings is 1. The van der Waals surface area contributed by atoms with E-state index in [0.717, 1.165) is 0 Å². The summed E-state index contributed by atoms with van der Waals surface area (Å²) in [6, 6.07) is 5.02. The summed E-state index contributed by atoms with van der Waals surface area (Å²) in [6.07, 6.45) is 0. The number of amides is 1. The standard InChI is InChI=1S/C12H15ClN2O2/c1-8-7-17-5-4-15(8)12(16)10-3-2-9(13)6-11(10)14/h2-3,6,8H,4-5,7,14H2,1H3. The summed E-state index contributed by atoms with van der Waals surface area (Å²) in [4.78, 5) is 14.1. The van der Waals surface area contributed by atoms with E-state index in [9.17, 15) is 4.79 Å². The van der Waals surface area contributed by atoms with E-state index in [0.29, 0.717) is 36.0 Å². The van der Waals surface area contributed by atoms with Gasteiger partial charge in [-0.3, -0.25) is 4.79 Å². The van der Waals surface area contributed by atoms with Gasteiger partial charge in [-0.2, -0.15) is 0 Å². The predicted molar refractivity (Wildman–Crippen MR) is 67.2 cm³/mol. The van der Waals surface area contributed by atoms with E-state index in [1.54, 1.807) is 23.1 Å². The highest BCUT2D eigenvalue weighted by atomic mass is 35.5. The van der Waals surface area contributed by atoms with Crippen molar-refractivity contribution in [3.8, 4) is 0 Å². The number of nitrogens with zero attached hydrogens (tertiary/aromatic N) is 1. The van der Waals surface area contributed by atoms with Crippen molar-refractivity contribution in [1.82, 2.24) is 4.90 Å². The molecule has 2 N–H and O–H groups in total. The summed E-state index contributed by atoms with van der Waals surface area (Å²) in [7, 11) is 0. The Hall–Kier alpha value is -1.26. The SMILES string of the molecule is CC1COCCN1C(=O)c1ccc(Cl)cc1N. The predicted octanol–water partition coefficient (Wildman–Crippen LogP) is 1.78. The number of hydrogen-bond donors (Lipinski definition) is 1. The van der Waals surface area contributed by atoms with Crippen molar-refractivity contribution < 1.29 is 9.53 Å². The normalized spacial score (nSPS) is 20.4. The van der Waals surface area contributed by atoms with Gasteiger partial charge in [-0.15, -0.1) is 0 Å². The summed E-state index contributed by atoms with van der Waals surface area (Å²) in [5, 5.41) is 0.536. The fraction of sp³-hybridized carbons (Fsp3) is 0.417. The topological polar surface area (TPSA) is 55.6 Å². The van der Waals surface area contributed by atoms with Gasteiger partial charge in [-0.05, 0) is 25.1 Å². The van der Waals surface area contributed by atoms with E-state index in [-0.39, 0.29) is 11.9 Å². The zero-order valence-corrected chi connectivity index (χ0v) is 10.4. The maximum absolute atomic E-state index is 12.3. The van der Waals surface area contributed by atoms with E-state index in [1.165, 1.54) is 0 Å². The van der Waals surface area contributed by atoms with E-state index >= 15 is 0 Å². The van der Waals surface area contributed by atoms with Gasteiger partial charge in [0.1, 0.15) is 0 Å². The molecule has 0 radical (unpaired) electrons. The molecule has 1 heterocycles. The Balaban J connectivity index is 2.24. The number of benzene rings is 1. The van der Waals surface area contributed by atoms with Crippen molar-refractivity contribution in [2.24, 2.45) is 0 Å². The van der Waals surface area contributed by atoms with Gasteiger partial charge in [0, 0.05) is 17.3 Å². The highest BCUT2D eigenvalue weighted by molar-refractivity contribution is 6.31. The lowest BCUT2D eigenvalue weighted by molar-refractivity contribution is 0.00365. The lowest BCUT2D eigenvalue weighted by Gasteiger charge is -2.33. The molecule has 0 aliphatic carbocycles. The van der Waals surface area contributed by atoms with Crippen LogP contribution in [0.2, 0.25) is 5.02 Å². The molecular weight excluding hydrogens is 240 g/mol. The fourth-order valence-electron chi connectivity index (χ4n) is 1.91. The molecular formula is C12H15ClN2O2. The third-order valence-electron chi connectivity index (χ3n) is 2.87. The largest absolute Gasteiger partial charge is 0.398 e. The fourth-order valence-corrected chi connectivity index (χ4v) is 2.09. The summed E-state index contributed by atoms with van der Waals surface area (Å²) in [6.45, 7) is 3.70. The quantitative estimate of drug-likeness (QED) is 0.778. The van der Waals surface area contributed by atoms with E-state index in [1.807, 2.05) is 6.92 Å². The summed E-state index contributed by atoms with van der Waals surface area (Å²) in [5.41, 5.74) is 6.73. The van der Waals surface area contributed by atoms with Crippen LogP contribution in [-0.2, 0) is 4.74 Å². The Kier molecular flexibility index (Phi) is 3.54. The second-order valence-corrected chi connectivity index (χ2v) is 4.59. The van der Waals surface area contributed by atoms with Crippen LogP contribution in [0, 0.1) is 0 Å². The van der Waals surface area contributed by atoms with Gasteiger partial charge >= 0.3 is 0 Å². The Morgan fingerprint density at radius 2 is 2.35 bits per heavy atom. The number of rotatable bonds is 1. The van der Waals surface area contributed by atoms with Crippen molar-refractivity contribution in [2.75, 3.05) is 25.5 Å². The van der Waals surface area contributed by atoms with E-state index < -0.39 is 0 Å². The molecule has 1 aliphatic rings. The number of carbonyl (C=O) groups is 1. The Morgan fingerprint density at radius 1 is 1.59 bits per heavy atom. The minimum absolute atomic E-state index is 0.0602. The molecule has 0 saturated carbocycles. The number of ether oxygens (including phenoxy) is 1. The maximum atomic E-state index is 12.3. The van der Waals surface area contributed by atoms with Crippen molar-refractivity contribution in [3.05, 3.63) is 28.8 Å². The van der Waals surface area contributed by atoms with Crippen LogP contribution in [0.1, 0.15) is 17.3 Å². The first kappa shape index (κ1) is 12.2. The third kappa shape index (κ3) is 2.53. The van der Waals surface area contributed by atoms with Crippen LogP contribution in [0.15, 0.2) is 18.2 Å². The molecule has 1 saturated heterocycles. The van der Waals surface area contributed by atoms with Crippen LogP contribution in [0.5, 0.6) is 0 Å². The van der Waals surface area contributed by atoms with Gasteiger partial charge < -0.3 is 15.4 Å². The van der Waals surface area contributed by atoms with Crippen LogP contribution < -0.4 is 5.73 Å². The maximum Gasteiger partial charge on any atom is 0.256 e. The molecule has 1 atom stereocenters. The minimum Gasteiger partial charge on any atom is -0.398 e. The molecule has 92 valence electrons. The van der Waals surface area contributed by atoms with Crippen LogP contribution in [0.4, 0.5) is 5.69 Å². The number of carbonyl (C=O) groups excluding carboxylic acids is 1. The minimum atomic E-state index is -0.0602. The van der Waals surface area contributed by atoms with Gasteiger partial charge in [0.25, 0.3) is 5.91 Å². The molecule has 0 aromatic heterocycles. The van der Waals surface area contributed by atoms with Gasteiger partial charge in [-0.1, -0.05) is 11.6 Å². The van der Waals surface area contributed by atoms with Crippen LogP contribution in [0.25, 0.3) is 0 Å². The van der Waals surface area contributed by atoms with Crippen molar-refractivity contribution in [2.45, 2.75) is 13.0 Å². The van der Waals surface area contributed by atoms with Gasteiger partial charge in [-0.25, -0.2) is 0 Å². The third-order valence-corrected chi connectivity index (χ3v) is 3.11. The first-order chi connectivity index (χ1) is 8.09.